The number of nitrogens with zero attached hydrogens (tertiary/aromatic N) is 1. The van der Waals surface area contributed by atoms with Crippen LogP contribution in [0.1, 0.15) is 36.2 Å². The molecular formula is C19H26N4O3S. The van der Waals surface area contributed by atoms with Gasteiger partial charge in [0.15, 0.2) is 0 Å². The van der Waals surface area contributed by atoms with Crippen molar-refractivity contribution in [3.05, 3.63) is 53.7 Å². The van der Waals surface area contributed by atoms with Gasteiger partial charge in [-0.2, -0.15) is 0 Å². The van der Waals surface area contributed by atoms with Crippen molar-refractivity contribution in [3.8, 4) is 0 Å². The molecule has 2 aromatic rings. The standard InChI is InChI=1S/C19H26N4O3S/c1-14(2)7-10-23-19(24)16-9-12-22-18(13-16)21-11-8-15-3-5-17(6-4-15)27(20,25)26/h3-6,9,12-14H,7-8,10-11H2,1-2H3,(H,21,22)(H,23,24)(H2,20,25,26). The maximum atomic E-state index is 12.2. The van der Waals surface area contributed by atoms with Crippen molar-refractivity contribution in [2.45, 2.75) is 31.6 Å². The molecule has 0 saturated heterocycles. The summed E-state index contributed by atoms with van der Waals surface area (Å²) in [4.78, 5) is 16.5. The summed E-state index contributed by atoms with van der Waals surface area (Å²) in [5, 5.41) is 11.2. The van der Waals surface area contributed by atoms with Crippen LogP contribution in [0.15, 0.2) is 47.5 Å². The van der Waals surface area contributed by atoms with Crippen molar-refractivity contribution < 1.29 is 13.2 Å². The van der Waals surface area contributed by atoms with E-state index < -0.39 is 10.0 Å². The maximum absolute atomic E-state index is 12.2. The second kappa shape index (κ2) is 9.48. The zero-order chi connectivity index (χ0) is 19.9. The van der Waals surface area contributed by atoms with Gasteiger partial charge >= 0.3 is 0 Å². The van der Waals surface area contributed by atoms with E-state index in [0.717, 1.165) is 12.0 Å². The van der Waals surface area contributed by atoms with Crippen LogP contribution in [-0.2, 0) is 16.4 Å². The zero-order valence-corrected chi connectivity index (χ0v) is 16.4. The molecule has 4 N–H and O–H groups in total. The Hall–Kier alpha value is -2.45. The largest absolute Gasteiger partial charge is 0.370 e. The average molecular weight is 391 g/mol. The molecule has 7 nitrogen and oxygen atoms in total. The number of benzene rings is 1. The van der Waals surface area contributed by atoms with Crippen molar-refractivity contribution in [2.24, 2.45) is 11.1 Å². The predicted molar refractivity (Wildman–Crippen MR) is 106 cm³/mol. The van der Waals surface area contributed by atoms with E-state index in [9.17, 15) is 13.2 Å². The van der Waals surface area contributed by atoms with Crippen molar-refractivity contribution in [2.75, 3.05) is 18.4 Å². The molecule has 2 rings (SSSR count). The number of nitrogens with one attached hydrogen (secondary N) is 2. The molecule has 27 heavy (non-hydrogen) atoms. The van der Waals surface area contributed by atoms with Crippen LogP contribution in [0.5, 0.6) is 0 Å². The monoisotopic (exact) mass is 390 g/mol. The minimum atomic E-state index is -3.67. The average Bonchev–Trinajstić information content (AvgIpc) is 2.61. The highest BCUT2D eigenvalue weighted by Crippen LogP contribution is 2.11. The van der Waals surface area contributed by atoms with Gasteiger partial charge in [-0.1, -0.05) is 26.0 Å². The highest BCUT2D eigenvalue weighted by Gasteiger charge is 2.08. The number of amides is 1. The maximum Gasteiger partial charge on any atom is 0.251 e. The van der Waals surface area contributed by atoms with Gasteiger partial charge in [0, 0.05) is 24.8 Å². The molecule has 1 aromatic heterocycles. The number of hydrogen-bond acceptors (Lipinski definition) is 5. The molecule has 8 heteroatoms. The van der Waals surface area contributed by atoms with E-state index in [1.54, 1.807) is 30.5 Å². The number of pyridine rings is 1. The number of hydrogen-bond donors (Lipinski definition) is 3. The van der Waals surface area contributed by atoms with Crippen LogP contribution in [-0.4, -0.2) is 32.4 Å². The minimum absolute atomic E-state index is 0.0945. The highest BCUT2D eigenvalue weighted by molar-refractivity contribution is 7.89. The molecular weight excluding hydrogens is 364 g/mol. The molecule has 146 valence electrons. The van der Waals surface area contributed by atoms with Crippen LogP contribution in [0.4, 0.5) is 5.82 Å². The lowest BCUT2D eigenvalue weighted by atomic mass is 10.1. The molecule has 0 saturated carbocycles. The Labute approximate surface area is 160 Å². The summed E-state index contributed by atoms with van der Waals surface area (Å²) < 4.78 is 22.5. The fraction of sp³-hybridized carbons (Fsp3) is 0.368. The predicted octanol–water partition coefficient (Wildman–Crippen LogP) is 2.16. The summed E-state index contributed by atoms with van der Waals surface area (Å²) in [6, 6.07) is 9.84. The Kier molecular flexibility index (Phi) is 7.32. The fourth-order valence-corrected chi connectivity index (χ4v) is 2.94. The number of aromatic nitrogens is 1. The molecule has 0 fully saturated rings. The van der Waals surface area contributed by atoms with Crippen LogP contribution >= 0.6 is 0 Å². The van der Waals surface area contributed by atoms with E-state index in [0.29, 0.717) is 36.8 Å². The first-order valence-electron chi connectivity index (χ1n) is 8.85. The molecule has 0 atom stereocenters. The van der Waals surface area contributed by atoms with E-state index in [4.69, 9.17) is 5.14 Å². The van der Waals surface area contributed by atoms with E-state index in [-0.39, 0.29) is 10.8 Å². The van der Waals surface area contributed by atoms with Gasteiger partial charge in [-0.05, 0) is 48.6 Å². The second-order valence-corrected chi connectivity index (χ2v) is 8.30. The Morgan fingerprint density at radius 3 is 2.48 bits per heavy atom. The van der Waals surface area contributed by atoms with E-state index in [1.165, 1.54) is 12.1 Å². The Morgan fingerprint density at radius 1 is 1.15 bits per heavy atom. The Balaban J connectivity index is 1.86. The molecule has 0 aliphatic heterocycles. The molecule has 0 radical (unpaired) electrons. The third kappa shape index (κ3) is 6.99. The van der Waals surface area contributed by atoms with Gasteiger partial charge < -0.3 is 10.6 Å². The molecule has 0 bridgehead atoms. The molecule has 0 aliphatic rings. The number of carbonyl (C=O) groups excluding carboxylic acids is 1. The molecule has 0 aliphatic carbocycles. The number of carbonyl (C=O) groups is 1. The quantitative estimate of drug-likeness (QED) is 0.607. The number of primary sulfonamides is 1. The van der Waals surface area contributed by atoms with Crippen molar-refractivity contribution in [1.29, 1.82) is 0 Å². The summed E-state index contributed by atoms with van der Waals surface area (Å²) in [6.07, 6.45) is 3.21. The van der Waals surface area contributed by atoms with Crippen LogP contribution < -0.4 is 15.8 Å². The zero-order valence-electron chi connectivity index (χ0n) is 15.6. The van der Waals surface area contributed by atoms with Gasteiger partial charge in [0.1, 0.15) is 5.82 Å². The number of nitrogens with two attached hydrogens (primary N) is 1. The lowest BCUT2D eigenvalue weighted by molar-refractivity contribution is 0.0952. The molecule has 1 aromatic carbocycles. The molecule has 1 heterocycles. The summed E-state index contributed by atoms with van der Waals surface area (Å²) in [6.45, 7) is 5.47. The van der Waals surface area contributed by atoms with Gasteiger partial charge in [-0.3, -0.25) is 4.79 Å². The SMILES string of the molecule is CC(C)CCNC(=O)c1ccnc(NCCc2ccc(S(N)(=O)=O)cc2)c1. The third-order valence-corrected chi connectivity index (χ3v) is 4.93. The summed E-state index contributed by atoms with van der Waals surface area (Å²) >= 11 is 0. The van der Waals surface area contributed by atoms with Gasteiger partial charge in [0.05, 0.1) is 4.90 Å². The van der Waals surface area contributed by atoms with Crippen molar-refractivity contribution in [3.63, 3.8) is 0 Å². The Bertz CT molecular complexity index is 865. The Morgan fingerprint density at radius 2 is 1.85 bits per heavy atom. The normalized spacial score (nSPS) is 11.4. The van der Waals surface area contributed by atoms with Gasteiger partial charge in [-0.15, -0.1) is 0 Å². The fourth-order valence-electron chi connectivity index (χ4n) is 2.43. The lowest BCUT2D eigenvalue weighted by Crippen LogP contribution is -2.25. The summed E-state index contributed by atoms with van der Waals surface area (Å²) in [5.74, 6) is 1.05. The molecule has 1 amide bonds. The first-order valence-corrected chi connectivity index (χ1v) is 10.4. The minimum Gasteiger partial charge on any atom is -0.370 e. The number of anilines is 1. The van der Waals surface area contributed by atoms with Gasteiger partial charge in [0.25, 0.3) is 5.91 Å². The topological polar surface area (TPSA) is 114 Å². The smallest absolute Gasteiger partial charge is 0.251 e. The van der Waals surface area contributed by atoms with Crippen LogP contribution in [0, 0.1) is 5.92 Å². The summed E-state index contributed by atoms with van der Waals surface area (Å²) in [7, 11) is -3.67. The number of sulfonamides is 1. The van der Waals surface area contributed by atoms with Gasteiger partial charge in [0.2, 0.25) is 10.0 Å². The third-order valence-electron chi connectivity index (χ3n) is 4.00. The lowest BCUT2D eigenvalue weighted by Gasteiger charge is -2.09. The molecule has 0 unspecified atom stereocenters. The highest BCUT2D eigenvalue weighted by atomic mass is 32.2. The summed E-state index contributed by atoms with van der Waals surface area (Å²) in [5.41, 5.74) is 1.53. The van der Waals surface area contributed by atoms with Crippen LogP contribution in [0.3, 0.4) is 0 Å². The van der Waals surface area contributed by atoms with E-state index in [2.05, 4.69) is 29.5 Å². The first kappa shape index (κ1) is 20.9. The van der Waals surface area contributed by atoms with Crippen LogP contribution in [0.2, 0.25) is 0 Å². The first-order chi connectivity index (χ1) is 12.8. The van der Waals surface area contributed by atoms with Crippen molar-refractivity contribution >= 4 is 21.7 Å². The van der Waals surface area contributed by atoms with Gasteiger partial charge in [-0.25, -0.2) is 18.5 Å². The molecule has 0 spiro atoms. The van der Waals surface area contributed by atoms with E-state index >= 15 is 0 Å². The second-order valence-electron chi connectivity index (χ2n) is 6.73. The van der Waals surface area contributed by atoms with Crippen LogP contribution in [0.25, 0.3) is 0 Å². The van der Waals surface area contributed by atoms with Crippen molar-refractivity contribution in [1.82, 2.24) is 10.3 Å². The van der Waals surface area contributed by atoms with E-state index in [1.807, 2.05) is 0 Å². The number of rotatable bonds is 9.